The van der Waals surface area contributed by atoms with Gasteiger partial charge in [0.1, 0.15) is 10.7 Å². The molecule has 1 aliphatic carbocycles. The van der Waals surface area contributed by atoms with Crippen molar-refractivity contribution in [2.24, 2.45) is 0 Å². The fourth-order valence-electron chi connectivity index (χ4n) is 2.44. The SMILES string of the molecule is Nc1nc(-c2ccc3c(c2)CCCC3)c(N)s1. The van der Waals surface area contributed by atoms with E-state index in [4.69, 9.17) is 11.5 Å². The van der Waals surface area contributed by atoms with Gasteiger partial charge in [0.15, 0.2) is 5.13 Å². The van der Waals surface area contributed by atoms with Crippen molar-refractivity contribution in [1.82, 2.24) is 4.98 Å². The standard InChI is InChI=1S/C13H15N3S/c14-12-11(16-13(15)17-12)10-6-5-8-3-1-2-4-9(8)7-10/h5-7H,1-4,14H2,(H2,15,16). The Hall–Kier alpha value is -1.55. The molecule has 0 aliphatic heterocycles. The van der Waals surface area contributed by atoms with E-state index < -0.39 is 0 Å². The molecule has 3 nitrogen and oxygen atoms in total. The lowest BCUT2D eigenvalue weighted by Gasteiger charge is -2.16. The van der Waals surface area contributed by atoms with Gasteiger partial charge in [-0.15, -0.1) is 0 Å². The minimum Gasteiger partial charge on any atom is -0.389 e. The molecule has 1 aromatic heterocycles. The maximum absolute atomic E-state index is 5.93. The van der Waals surface area contributed by atoms with E-state index in [-0.39, 0.29) is 0 Å². The molecule has 88 valence electrons. The quantitative estimate of drug-likeness (QED) is 0.812. The average Bonchev–Trinajstić information content (AvgIpc) is 2.68. The van der Waals surface area contributed by atoms with Crippen molar-refractivity contribution in [3.05, 3.63) is 29.3 Å². The van der Waals surface area contributed by atoms with Crippen LogP contribution in [-0.4, -0.2) is 4.98 Å². The maximum atomic E-state index is 5.93. The highest BCUT2D eigenvalue weighted by atomic mass is 32.1. The fourth-order valence-corrected chi connectivity index (χ4v) is 3.06. The minimum atomic E-state index is 0.537. The number of nitrogens with two attached hydrogens (primary N) is 2. The summed E-state index contributed by atoms with van der Waals surface area (Å²) in [5.74, 6) is 0. The average molecular weight is 245 g/mol. The van der Waals surface area contributed by atoms with Gasteiger partial charge in [0.05, 0.1) is 0 Å². The van der Waals surface area contributed by atoms with Gasteiger partial charge in [-0.1, -0.05) is 23.5 Å². The van der Waals surface area contributed by atoms with Crippen LogP contribution in [0.2, 0.25) is 0 Å². The number of aromatic nitrogens is 1. The molecule has 0 unspecified atom stereocenters. The Morgan fingerprint density at radius 3 is 2.53 bits per heavy atom. The van der Waals surface area contributed by atoms with Gasteiger partial charge in [0.25, 0.3) is 0 Å². The van der Waals surface area contributed by atoms with E-state index in [9.17, 15) is 0 Å². The molecule has 0 radical (unpaired) electrons. The molecule has 2 aromatic rings. The summed E-state index contributed by atoms with van der Waals surface area (Å²) in [6, 6.07) is 6.53. The van der Waals surface area contributed by atoms with Gasteiger partial charge in [-0.3, -0.25) is 0 Å². The zero-order valence-electron chi connectivity index (χ0n) is 9.57. The van der Waals surface area contributed by atoms with Gasteiger partial charge in [-0.25, -0.2) is 4.98 Å². The highest BCUT2D eigenvalue weighted by molar-refractivity contribution is 7.19. The van der Waals surface area contributed by atoms with E-state index in [1.165, 1.54) is 48.1 Å². The van der Waals surface area contributed by atoms with Crippen LogP contribution in [0.5, 0.6) is 0 Å². The first kappa shape index (κ1) is 10.6. The lowest BCUT2D eigenvalue weighted by molar-refractivity contribution is 0.686. The monoisotopic (exact) mass is 245 g/mol. The number of nitrogens with zero attached hydrogens (tertiary/aromatic N) is 1. The first-order valence-corrected chi connectivity index (χ1v) is 6.69. The Balaban J connectivity index is 2.06. The Morgan fingerprint density at radius 1 is 1.06 bits per heavy atom. The van der Waals surface area contributed by atoms with Gasteiger partial charge in [0.2, 0.25) is 0 Å². The van der Waals surface area contributed by atoms with Crippen LogP contribution in [0, 0.1) is 0 Å². The molecule has 0 saturated carbocycles. The summed E-state index contributed by atoms with van der Waals surface area (Å²) in [5, 5.41) is 1.24. The molecule has 1 aromatic carbocycles. The third kappa shape index (κ3) is 1.89. The van der Waals surface area contributed by atoms with Crippen molar-refractivity contribution in [2.45, 2.75) is 25.7 Å². The zero-order valence-corrected chi connectivity index (χ0v) is 10.4. The molecule has 3 rings (SSSR count). The largest absolute Gasteiger partial charge is 0.389 e. The van der Waals surface area contributed by atoms with E-state index in [0.29, 0.717) is 10.1 Å². The third-order valence-electron chi connectivity index (χ3n) is 3.29. The predicted octanol–water partition coefficient (Wildman–Crippen LogP) is 2.85. The van der Waals surface area contributed by atoms with Gasteiger partial charge >= 0.3 is 0 Å². The number of fused-ring (bicyclic) bond motifs is 1. The topological polar surface area (TPSA) is 64.9 Å². The Bertz CT molecular complexity index is 560. The summed E-state index contributed by atoms with van der Waals surface area (Å²) >= 11 is 1.35. The summed E-state index contributed by atoms with van der Waals surface area (Å²) in [6.45, 7) is 0. The predicted molar refractivity (Wildman–Crippen MR) is 73.0 cm³/mol. The number of anilines is 2. The minimum absolute atomic E-state index is 0.537. The van der Waals surface area contributed by atoms with Crippen LogP contribution in [-0.2, 0) is 12.8 Å². The number of nitrogen functional groups attached to an aromatic ring is 2. The number of rotatable bonds is 1. The first-order chi connectivity index (χ1) is 8.24. The molecule has 0 atom stereocenters. The van der Waals surface area contributed by atoms with E-state index in [1.807, 2.05) is 0 Å². The fraction of sp³-hybridized carbons (Fsp3) is 0.308. The van der Waals surface area contributed by atoms with Crippen molar-refractivity contribution >= 4 is 21.5 Å². The second-order valence-electron chi connectivity index (χ2n) is 4.46. The Labute approximate surface area is 104 Å². The lowest BCUT2D eigenvalue weighted by Crippen LogP contribution is -2.02. The summed E-state index contributed by atoms with van der Waals surface area (Å²) in [7, 11) is 0. The molecule has 17 heavy (non-hydrogen) atoms. The number of thiazole rings is 1. The summed E-state index contributed by atoms with van der Waals surface area (Å²) < 4.78 is 0. The van der Waals surface area contributed by atoms with Crippen molar-refractivity contribution in [3.63, 3.8) is 0 Å². The lowest BCUT2D eigenvalue weighted by atomic mass is 9.90. The van der Waals surface area contributed by atoms with Crippen LogP contribution in [0.1, 0.15) is 24.0 Å². The number of benzene rings is 1. The third-order valence-corrected chi connectivity index (χ3v) is 4.01. The summed E-state index contributed by atoms with van der Waals surface area (Å²) in [4.78, 5) is 4.30. The van der Waals surface area contributed by atoms with Crippen LogP contribution in [0.15, 0.2) is 18.2 Å². The smallest absolute Gasteiger partial charge is 0.182 e. The molecule has 4 heteroatoms. The molecule has 0 amide bonds. The molecule has 1 heterocycles. The first-order valence-electron chi connectivity index (χ1n) is 5.88. The van der Waals surface area contributed by atoms with Crippen molar-refractivity contribution in [2.75, 3.05) is 11.5 Å². The van der Waals surface area contributed by atoms with Gasteiger partial charge < -0.3 is 11.5 Å². The molecule has 1 aliphatic rings. The van der Waals surface area contributed by atoms with Gasteiger partial charge in [-0.05, 0) is 42.9 Å². The van der Waals surface area contributed by atoms with Crippen LogP contribution in [0.25, 0.3) is 11.3 Å². The van der Waals surface area contributed by atoms with Crippen molar-refractivity contribution in [1.29, 1.82) is 0 Å². The molecular weight excluding hydrogens is 230 g/mol. The second-order valence-corrected chi connectivity index (χ2v) is 5.52. The van der Waals surface area contributed by atoms with E-state index in [0.717, 1.165) is 11.3 Å². The van der Waals surface area contributed by atoms with E-state index in [1.54, 1.807) is 0 Å². The molecule has 4 N–H and O–H groups in total. The number of hydrogen-bond acceptors (Lipinski definition) is 4. The molecule has 0 bridgehead atoms. The number of aryl methyl sites for hydroxylation is 2. The van der Waals surface area contributed by atoms with Crippen LogP contribution in [0.3, 0.4) is 0 Å². The van der Waals surface area contributed by atoms with Crippen molar-refractivity contribution < 1.29 is 0 Å². The molecule has 0 fully saturated rings. The highest BCUT2D eigenvalue weighted by Gasteiger charge is 2.13. The normalized spacial score (nSPS) is 14.6. The maximum Gasteiger partial charge on any atom is 0.182 e. The molecule has 0 spiro atoms. The van der Waals surface area contributed by atoms with Crippen LogP contribution < -0.4 is 11.5 Å². The Morgan fingerprint density at radius 2 is 1.82 bits per heavy atom. The zero-order chi connectivity index (χ0) is 11.8. The highest BCUT2D eigenvalue weighted by Crippen LogP contribution is 2.34. The Kier molecular flexibility index (Phi) is 2.52. The molecular formula is C13H15N3S. The van der Waals surface area contributed by atoms with E-state index >= 15 is 0 Å². The van der Waals surface area contributed by atoms with Crippen LogP contribution >= 0.6 is 11.3 Å². The van der Waals surface area contributed by atoms with E-state index in [2.05, 4.69) is 23.2 Å². The number of hydrogen-bond donors (Lipinski definition) is 2. The van der Waals surface area contributed by atoms with Crippen LogP contribution in [0.4, 0.5) is 10.1 Å². The second kappa shape index (κ2) is 4.04. The summed E-state index contributed by atoms with van der Waals surface area (Å²) in [5.41, 5.74) is 16.5. The summed E-state index contributed by atoms with van der Waals surface area (Å²) in [6.07, 6.45) is 4.95. The van der Waals surface area contributed by atoms with Gasteiger partial charge in [-0.2, -0.15) is 0 Å². The van der Waals surface area contributed by atoms with Gasteiger partial charge in [0, 0.05) is 5.56 Å². The van der Waals surface area contributed by atoms with Crippen molar-refractivity contribution in [3.8, 4) is 11.3 Å². The molecule has 0 saturated heterocycles.